The topological polar surface area (TPSA) is 360 Å². The smallest absolute Gasteiger partial charge is 0.217 e. The van der Waals surface area contributed by atoms with Crippen molar-refractivity contribution < 1.29 is 93.5 Å². The molecule has 0 aromatic heterocycles. The number of hydrogen-bond donors (Lipinski definition) is 13. The fourth-order valence-corrected chi connectivity index (χ4v) is 6.74. The van der Waals surface area contributed by atoms with Gasteiger partial charge in [0, 0.05) is 20.8 Å². The van der Waals surface area contributed by atoms with Crippen molar-refractivity contribution in [2.24, 2.45) is 5.73 Å². The van der Waals surface area contributed by atoms with Gasteiger partial charge < -0.3 is 101 Å². The fourth-order valence-electron chi connectivity index (χ4n) is 6.74. The van der Waals surface area contributed by atoms with Crippen molar-refractivity contribution in [1.82, 2.24) is 16.0 Å². The molecule has 0 saturated carbocycles. The molecular weight excluding hydrogens is 720 g/mol. The van der Waals surface area contributed by atoms with Crippen LogP contribution in [-0.2, 0) is 47.5 Å². The minimum Gasteiger partial charge on any atom is -0.394 e. The lowest BCUT2D eigenvalue weighted by Gasteiger charge is -2.51. The number of carbonyl (C=O) groups is 3. The zero-order chi connectivity index (χ0) is 39.5. The van der Waals surface area contributed by atoms with E-state index in [1.54, 1.807) is 0 Å². The summed E-state index contributed by atoms with van der Waals surface area (Å²) in [5.74, 6) is -2.01. The van der Waals surface area contributed by atoms with E-state index in [1.165, 1.54) is 6.92 Å². The van der Waals surface area contributed by atoms with Crippen molar-refractivity contribution in [3.8, 4) is 0 Å². The third-order valence-corrected chi connectivity index (χ3v) is 9.48. The SMILES string of the molecule is CC(=O)N[C@@H]1[C@@H](O[C@H]2O[C@H](CO)[C@H](O[C@@H]3O[C@H](C)[C@H](N)[C@H](O[C@@H]4O[C@H](CO)[C@@H](O)[C@H](O)[C@H]4O)[C@H]3NC(C)=O)[C@H](O)[C@H]2NC(C)=O)[C@@H](O)[C@@H](CO)O[C@H]1O. The Balaban J connectivity index is 1.63. The first kappa shape index (κ1) is 43.5. The van der Waals surface area contributed by atoms with E-state index in [2.05, 4.69) is 16.0 Å². The van der Waals surface area contributed by atoms with E-state index in [-0.39, 0.29) is 0 Å². The molecule has 306 valence electrons. The van der Waals surface area contributed by atoms with Gasteiger partial charge in [0.15, 0.2) is 25.2 Å². The van der Waals surface area contributed by atoms with Gasteiger partial charge >= 0.3 is 0 Å². The predicted molar refractivity (Wildman–Crippen MR) is 169 cm³/mol. The van der Waals surface area contributed by atoms with Gasteiger partial charge in [-0.3, -0.25) is 14.4 Å². The average Bonchev–Trinajstić information content (AvgIpc) is 3.09. The van der Waals surface area contributed by atoms with E-state index >= 15 is 0 Å². The molecule has 23 nitrogen and oxygen atoms in total. The number of rotatable bonds is 12. The van der Waals surface area contributed by atoms with Crippen LogP contribution < -0.4 is 21.7 Å². The van der Waals surface area contributed by atoms with Crippen LogP contribution in [0.5, 0.6) is 0 Å². The summed E-state index contributed by atoms with van der Waals surface area (Å²) in [5.41, 5.74) is 6.40. The molecule has 0 aromatic rings. The minimum atomic E-state index is -1.84. The molecule has 0 bridgehead atoms. The number of aliphatic hydroxyl groups is 9. The normalized spacial score (nSPS) is 46.3. The molecule has 0 unspecified atom stereocenters. The van der Waals surface area contributed by atoms with Crippen LogP contribution >= 0.6 is 0 Å². The van der Waals surface area contributed by atoms with Gasteiger partial charge in [0.05, 0.1) is 32.0 Å². The van der Waals surface area contributed by atoms with E-state index in [1.807, 2.05) is 0 Å². The Hall–Kier alpha value is -2.27. The molecule has 0 aromatic carbocycles. The van der Waals surface area contributed by atoms with Crippen LogP contribution in [-0.4, -0.2) is 206 Å². The predicted octanol–water partition coefficient (Wildman–Crippen LogP) is -8.32. The second-order valence-corrected chi connectivity index (χ2v) is 13.4. The second-order valence-electron chi connectivity index (χ2n) is 13.4. The summed E-state index contributed by atoms with van der Waals surface area (Å²) in [6, 6.07) is -5.42. The van der Waals surface area contributed by atoms with Gasteiger partial charge in [0.2, 0.25) is 17.7 Å². The lowest BCUT2D eigenvalue weighted by Crippen LogP contribution is -2.72. The van der Waals surface area contributed by atoms with Crippen LogP contribution in [0.25, 0.3) is 0 Å². The van der Waals surface area contributed by atoms with Gasteiger partial charge in [-0.15, -0.1) is 0 Å². The van der Waals surface area contributed by atoms with Crippen molar-refractivity contribution >= 4 is 17.7 Å². The van der Waals surface area contributed by atoms with E-state index in [0.29, 0.717) is 0 Å². The van der Waals surface area contributed by atoms with Crippen molar-refractivity contribution in [1.29, 1.82) is 0 Å². The summed E-state index contributed by atoms with van der Waals surface area (Å²) in [7, 11) is 0. The monoisotopic (exact) mass is 772 g/mol. The molecule has 53 heavy (non-hydrogen) atoms. The molecule has 14 N–H and O–H groups in total. The molecule has 4 fully saturated rings. The molecule has 4 rings (SSSR count). The average molecular weight is 773 g/mol. The summed E-state index contributed by atoms with van der Waals surface area (Å²) in [5, 5.41) is 102. The first-order chi connectivity index (χ1) is 24.9. The molecule has 20 atom stereocenters. The lowest BCUT2D eigenvalue weighted by atomic mass is 9.93. The van der Waals surface area contributed by atoms with Crippen LogP contribution in [0.2, 0.25) is 0 Å². The third kappa shape index (κ3) is 9.76. The molecule has 4 saturated heterocycles. The molecule has 0 aliphatic carbocycles. The summed E-state index contributed by atoms with van der Waals surface area (Å²) >= 11 is 0. The van der Waals surface area contributed by atoms with E-state index in [0.717, 1.165) is 20.8 Å². The van der Waals surface area contributed by atoms with Gasteiger partial charge in [-0.1, -0.05) is 0 Å². The van der Waals surface area contributed by atoms with Crippen molar-refractivity contribution in [2.75, 3.05) is 19.8 Å². The zero-order valence-corrected chi connectivity index (χ0v) is 29.4. The number of nitrogens with two attached hydrogens (primary N) is 1. The van der Waals surface area contributed by atoms with E-state index in [9.17, 15) is 60.3 Å². The Morgan fingerprint density at radius 1 is 0.547 bits per heavy atom. The van der Waals surface area contributed by atoms with Crippen LogP contribution in [0.3, 0.4) is 0 Å². The fraction of sp³-hybridized carbons (Fsp3) is 0.900. The van der Waals surface area contributed by atoms with Crippen molar-refractivity contribution in [3.05, 3.63) is 0 Å². The second kappa shape index (κ2) is 18.6. The lowest BCUT2D eigenvalue weighted by molar-refractivity contribution is -0.354. The van der Waals surface area contributed by atoms with Crippen molar-refractivity contribution in [2.45, 2.75) is 150 Å². The number of hydrogen-bond acceptors (Lipinski definition) is 20. The number of aliphatic hydroxyl groups excluding tert-OH is 9. The van der Waals surface area contributed by atoms with Gasteiger partial charge in [0.1, 0.15) is 85.3 Å². The van der Waals surface area contributed by atoms with Crippen LogP contribution in [0, 0.1) is 0 Å². The molecule has 4 heterocycles. The first-order valence-electron chi connectivity index (χ1n) is 17.0. The maximum atomic E-state index is 12.4. The summed E-state index contributed by atoms with van der Waals surface area (Å²) in [6.45, 7) is 2.49. The highest BCUT2D eigenvalue weighted by Crippen LogP contribution is 2.34. The molecule has 3 amide bonds. The van der Waals surface area contributed by atoms with Crippen LogP contribution in [0.1, 0.15) is 27.7 Å². The molecule has 4 aliphatic heterocycles. The Morgan fingerprint density at radius 3 is 1.58 bits per heavy atom. The van der Waals surface area contributed by atoms with Crippen LogP contribution in [0.4, 0.5) is 0 Å². The summed E-state index contributed by atoms with van der Waals surface area (Å²) < 4.78 is 40.7. The number of nitrogens with one attached hydrogen (secondary N) is 3. The standard InChI is InChI=1S/C30H52N4O19/c1-8-15(31)25(52-30-23(45)22(44)19(41)12(5-35)49-30)18(34-11(4)40)29(47-8)51-24-14(7-37)50-28(16(21(24)43)32-9(2)38)53-26-17(33-10(3)39)27(46)48-13(6-36)20(26)42/h8,12-30,35-37,41-46H,5-7,31H2,1-4H3,(H,32,38)(H,33,39)(H,34,40)/t8-,12-,13-,14-,15+,16-,17-,18-,19-,20+,21-,22+,23-,24+,25+,26-,27-,28-,29+,30+/m1/s1. The van der Waals surface area contributed by atoms with Gasteiger partial charge in [-0.2, -0.15) is 0 Å². The van der Waals surface area contributed by atoms with Gasteiger partial charge in [-0.25, -0.2) is 0 Å². The molecule has 0 spiro atoms. The summed E-state index contributed by atoms with van der Waals surface area (Å²) in [6.07, 6.45) is -25.3. The quantitative estimate of drug-likeness (QED) is 0.0876. The Morgan fingerprint density at radius 2 is 1.02 bits per heavy atom. The summed E-state index contributed by atoms with van der Waals surface area (Å²) in [4.78, 5) is 36.7. The first-order valence-corrected chi connectivity index (χ1v) is 17.0. The Bertz CT molecular complexity index is 1240. The molecule has 4 aliphatic rings. The number of carbonyl (C=O) groups excluding carboxylic acids is 3. The van der Waals surface area contributed by atoms with Crippen molar-refractivity contribution in [3.63, 3.8) is 0 Å². The minimum absolute atomic E-state index is 0.646. The Kier molecular flexibility index (Phi) is 15.2. The number of ether oxygens (including phenoxy) is 7. The maximum absolute atomic E-state index is 12.4. The molecule has 0 radical (unpaired) electrons. The van der Waals surface area contributed by atoms with Gasteiger partial charge in [-0.05, 0) is 6.92 Å². The largest absolute Gasteiger partial charge is 0.394 e. The van der Waals surface area contributed by atoms with Crippen LogP contribution in [0.15, 0.2) is 0 Å². The third-order valence-electron chi connectivity index (χ3n) is 9.48. The highest BCUT2D eigenvalue weighted by atomic mass is 16.7. The van der Waals surface area contributed by atoms with E-state index < -0.39 is 160 Å². The highest BCUT2D eigenvalue weighted by molar-refractivity contribution is 5.74. The Labute approximate surface area is 303 Å². The molecular formula is C30H52N4O19. The molecule has 23 heteroatoms. The van der Waals surface area contributed by atoms with E-state index in [4.69, 9.17) is 38.9 Å². The number of amides is 3. The zero-order valence-electron chi connectivity index (χ0n) is 29.4. The maximum Gasteiger partial charge on any atom is 0.217 e. The highest BCUT2D eigenvalue weighted by Gasteiger charge is 2.55. The van der Waals surface area contributed by atoms with Gasteiger partial charge in [0.25, 0.3) is 0 Å².